The zero-order valence-corrected chi connectivity index (χ0v) is 22.4. The second-order valence-electron chi connectivity index (χ2n) is 8.13. The molecular weight excluding hydrogens is 568 g/mol. The quantitative estimate of drug-likeness (QED) is 0.290. The van der Waals surface area contributed by atoms with Crippen LogP contribution in [0.2, 0.25) is 0 Å². The first-order chi connectivity index (χ1) is 16.0. The number of rotatable bonds is 7. The van der Waals surface area contributed by atoms with Gasteiger partial charge in [0, 0.05) is 10.5 Å². The molecule has 4 rings (SSSR count). The van der Waals surface area contributed by atoms with E-state index in [1.54, 1.807) is 4.90 Å². The number of carbonyl (C=O) groups excluding carboxylic acids is 1. The molecular formula is C25H26Br2N2O3S. The number of halogens is 2. The van der Waals surface area contributed by atoms with Crippen LogP contribution in [-0.2, 0) is 11.4 Å². The Labute approximate surface area is 216 Å². The molecule has 0 aromatic heterocycles. The summed E-state index contributed by atoms with van der Waals surface area (Å²) < 4.78 is 13.7. The summed E-state index contributed by atoms with van der Waals surface area (Å²) in [5, 5.41) is 3.61. The standard InChI is InChI=1S/C25H26Br2N2O3S/c1-2-31-22-14-17(12-20(27)23(22)32-15-16-8-10-18(26)11-9-16)13-21-24(30)29(25(33)28-21)19-6-4-3-5-7-19/h8-14,19H,2-7,15H2,1H3,(H,28,33)/b21-13-. The number of thiocarbonyl (C=S) groups is 1. The molecule has 8 heteroatoms. The van der Waals surface area contributed by atoms with E-state index in [2.05, 4.69) is 37.2 Å². The maximum absolute atomic E-state index is 13.1. The SMILES string of the molecule is CCOc1cc(/C=C2\NC(=S)N(C3CCCCC3)C2=O)cc(Br)c1OCc1ccc(Br)cc1. The maximum atomic E-state index is 13.1. The van der Waals surface area contributed by atoms with Gasteiger partial charge in [-0.3, -0.25) is 9.69 Å². The van der Waals surface area contributed by atoms with Gasteiger partial charge in [-0.15, -0.1) is 0 Å². The summed E-state index contributed by atoms with van der Waals surface area (Å²) in [6.07, 6.45) is 7.34. The molecule has 1 aliphatic carbocycles. The van der Waals surface area contributed by atoms with Crippen LogP contribution in [0.1, 0.15) is 50.2 Å². The topological polar surface area (TPSA) is 50.8 Å². The van der Waals surface area contributed by atoms with Gasteiger partial charge in [-0.1, -0.05) is 47.3 Å². The van der Waals surface area contributed by atoms with E-state index < -0.39 is 0 Å². The molecule has 2 aliphatic rings. The Balaban J connectivity index is 1.55. The van der Waals surface area contributed by atoms with Crippen molar-refractivity contribution >= 4 is 61.2 Å². The molecule has 0 radical (unpaired) electrons. The normalized spacial score (nSPS) is 18.0. The third kappa shape index (κ3) is 5.78. The minimum atomic E-state index is -0.0588. The van der Waals surface area contributed by atoms with Gasteiger partial charge in [-0.25, -0.2) is 0 Å². The van der Waals surface area contributed by atoms with Crippen LogP contribution >= 0.6 is 44.1 Å². The monoisotopic (exact) mass is 592 g/mol. The van der Waals surface area contributed by atoms with Crippen molar-refractivity contribution in [3.8, 4) is 11.5 Å². The summed E-state index contributed by atoms with van der Waals surface area (Å²) in [7, 11) is 0. The minimum Gasteiger partial charge on any atom is -0.490 e. The first kappa shape index (κ1) is 24.2. The van der Waals surface area contributed by atoms with Crippen molar-refractivity contribution in [3.05, 3.63) is 62.2 Å². The summed E-state index contributed by atoms with van der Waals surface area (Å²) in [6, 6.07) is 12.0. The van der Waals surface area contributed by atoms with Crippen molar-refractivity contribution in [3.63, 3.8) is 0 Å². The Bertz CT molecular complexity index is 1070. The van der Waals surface area contributed by atoms with Crippen LogP contribution in [0, 0.1) is 0 Å². The van der Waals surface area contributed by atoms with Crippen molar-refractivity contribution in [1.29, 1.82) is 0 Å². The van der Waals surface area contributed by atoms with Crippen LogP contribution in [0.5, 0.6) is 11.5 Å². The molecule has 5 nitrogen and oxygen atoms in total. The molecule has 1 aliphatic heterocycles. The molecule has 1 saturated heterocycles. The van der Waals surface area contributed by atoms with E-state index in [0.717, 1.165) is 45.8 Å². The van der Waals surface area contributed by atoms with Gasteiger partial charge in [-0.2, -0.15) is 0 Å². The number of hydrogen-bond acceptors (Lipinski definition) is 4. The number of nitrogens with one attached hydrogen (secondary N) is 1. The minimum absolute atomic E-state index is 0.0588. The van der Waals surface area contributed by atoms with Crippen molar-refractivity contribution in [1.82, 2.24) is 10.2 Å². The highest BCUT2D eigenvalue weighted by atomic mass is 79.9. The first-order valence-corrected chi connectivity index (χ1v) is 13.2. The Morgan fingerprint density at radius 3 is 2.55 bits per heavy atom. The lowest BCUT2D eigenvalue weighted by molar-refractivity contribution is -0.124. The van der Waals surface area contributed by atoms with E-state index in [-0.39, 0.29) is 11.9 Å². The lowest BCUT2D eigenvalue weighted by atomic mass is 9.94. The van der Waals surface area contributed by atoms with E-state index in [4.69, 9.17) is 21.7 Å². The molecule has 2 aromatic carbocycles. The molecule has 1 amide bonds. The Kier molecular flexibility index (Phi) is 8.09. The second kappa shape index (κ2) is 11.0. The summed E-state index contributed by atoms with van der Waals surface area (Å²) in [4.78, 5) is 14.9. The number of ether oxygens (including phenoxy) is 2. The average molecular weight is 594 g/mol. The molecule has 0 bridgehead atoms. The highest BCUT2D eigenvalue weighted by Gasteiger charge is 2.36. The average Bonchev–Trinajstić information content (AvgIpc) is 3.08. The van der Waals surface area contributed by atoms with Crippen molar-refractivity contribution in [2.45, 2.75) is 51.7 Å². The first-order valence-electron chi connectivity index (χ1n) is 11.2. The fraction of sp³-hybridized carbons (Fsp3) is 0.360. The Morgan fingerprint density at radius 1 is 1.12 bits per heavy atom. The second-order valence-corrected chi connectivity index (χ2v) is 10.3. The van der Waals surface area contributed by atoms with Crippen molar-refractivity contribution < 1.29 is 14.3 Å². The molecule has 2 fully saturated rings. The highest BCUT2D eigenvalue weighted by molar-refractivity contribution is 9.10. The van der Waals surface area contributed by atoms with E-state index in [0.29, 0.717) is 35.5 Å². The summed E-state index contributed by atoms with van der Waals surface area (Å²) in [6.45, 7) is 2.84. The maximum Gasteiger partial charge on any atom is 0.276 e. The van der Waals surface area contributed by atoms with Crippen LogP contribution < -0.4 is 14.8 Å². The van der Waals surface area contributed by atoms with Crippen LogP contribution in [-0.4, -0.2) is 28.6 Å². The molecule has 0 unspecified atom stereocenters. The van der Waals surface area contributed by atoms with Gasteiger partial charge >= 0.3 is 0 Å². The Morgan fingerprint density at radius 2 is 1.85 bits per heavy atom. The molecule has 1 saturated carbocycles. The lowest BCUT2D eigenvalue weighted by Gasteiger charge is -2.29. The molecule has 1 N–H and O–H groups in total. The lowest BCUT2D eigenvalue weighted by Crippen LogP contribution is -2.41. The fourth-order valence-corrected chi connectivity index (χ4v) is 5.38. The molecule has 33 heavy (non-hydrogen) atoms. The third-order valence-electron chi connectivity index (χ3n) is 5.79. The number of hydrogen-bond donors (Lipinski definition) is 1. The number of carbonyl (C=O) groups is 1. The fourth-order valence-electron chi connectivity index (χ4n) is 4.20. The zero-order valence-electron chi connectivity index (χ0n) is 18.4. The molecule has 2 aromatic rings. The van der Waals surface area contributed by atoms with Gasteiger partial charge in [0.25, 0.3) is 5.91 Å². The third-order valence-corrected chi connectivity index (χ3v) is 7.21. The van der Waals surface area contributed by atoms with Crippen molar-refractivity contribution in [2.75, 3.05) is 6.61 Å². The number of amides is 1. The van der Waals surface area contributed by atoms with Crippen LogP contribution in [0.15, 0.2) is 51.0 Å². The smallest absolute Gasteiger partial charge is 0.276 e. The predicted octanol–water partition coefficient (Wildman–Crippen LogP) is 6.58. The molecule has 0 atom stereocenters. The van der Waals surface area contributed by atoms with E-state index in [1.165, 1.54) is 6.42 Å². The summed E-state index contributed by atoms with van der Waals surface area (Å²) in [5.41, 5.74) is 2.37. The molecule has 1 heterocycles. The molecule has 0 spiro atoms. The Hall–Kier alpha value is -1.90. The number of nitrogens with zero attached hydrogens (tertiary/aromatic N) is 1. The van der Waals surface area contributed by atoms with E-state index >= 15 is 0 Å². The van der Waals surface area contributed by atoms with E-state index in [1.807, 2.05) is 49.4 Å². The van der Waals surface area contributed by atoms with Gasteiger partial charge < -0.3 is 14.8 Å². The largest absolute Gasteiger partial charge is 0.490 e. The zero-order chi connectivity index (χ0) is 23.4. The molecule has 174 valence electrons. The van der Waals surface area contributed by atoms with E-state index in [9.17, 15) is 4.79 Å². The van der Waals surface area contributed by atoms with Crippen LogP contribution in [0.3, 0.4) is 0 Å². The van der Waals surface area contributed by atoms with Crippen LogP contribution in [0.25, 0.3) is 6.08 Å². The van der Waals surface area contributed by atoms with Gasteiger partial charge in [0.15, 0.2) is 16.6 Å². The van der Waals surface area contributed by atoms with Gasteiger partial charge in [-0.05, 0) is 89.4 Å². The predicted molar refractivity (Wildman–Crippen MR) is 141 cm³/mol. The van der Waals surface area contributed by atoms with Gasteiger partial charge in [0.1, 0.15) is 12.3 Å². The summed E-state index contributed by atoms with van der Waals surface area (Å²) in [5.74, 6) is 1.19. The van der Waals surface area contributed by atoms with Gasteiger partial charge in [0.05, 0.1) is 11.1 Å². The highest BCUT2D eigenvalue weighted by Crippen LogP contribution is 2.38. The summed E-state index contributed by atoms with van der Waals surface area (Å²) >= 11 is 12.6. The van der Waals surface area contributed by atoms with Crippen LogP contribution in [0.4, 0.5) is 0 Å². The number of benzene rings is 2. The van der Waals surface area contributed by atoms with Crippen molar-refractivity contribution in [2.24, 2.45) is 0 Å². The van der Waals surface area contributed by atoms with Gasteiger partial charge in [0.2, 0.25) is 0 Å².